The standard InChI is InChI=1S/C27H38O7/c1-12(2)9-17-10-14(4)18-8-7-13(3)20-22(18)21(17)15(5)25(23(20)30)34-27-24(31)26(33-16(6)28)19(29)11-32-27/h9,13-14,17-19,24,26-27,29-31H,7-8,10-11H2,1-6H3/t13-,14-,17+,18+,19-,24+,26-,27+/m0/s1. The molecule has 188 valence electrons. The van der Waals surface area contributed by atoms with Gasteiger partial charge in [-0.05, 0) is 74.5 Å². The third-order valence-corrected chi connectivity index (χ3v) is 7.75. The van der Waals surface area contributed by atoms with E-state index in [0.717, 1.165) is 30.4 Å². The minimum Gasteiger partial charge on any atom is -0.504 e. The number of aliphatic hydroxyl groups is 2. The first-order chi connectivity index (χ1) is 16.0. The summed E-state index contributed by atoms with van der Waals surface area (Å²) in [5.74, 6) is 1.10. The number of aliphatic hydroxyl groups excluding tert-OH is 2. The number of benzene rings is 1. The first-order valence-corrected chi connectivity index (χ1v) is 12.4. The Morgan fingerprint density at radius 2 is 1.79 bits per heavy atom. The van der Waals surface area contributed by atoms with Gasteiger partial charge in [-0.15, -0.1) is 0 Å². The molecular weight excluding hydrogens is 436 g/mol. The number of allylic oxidation sites excluding steroid dienone is 2. The van der Waals surface area contributed by atoms with Gasteiger partial charge in [-0.25, -0.2) is 0 Å². The van der Waals surface area contributed by atoms with E-state index in [4.69, 9.17) is 14.2 Å². The highest BCUT2D eigenvalue weighted by atomic mass is 16.7. The van der Waals surface area contributed by atoms with Crippen molar-refractivity contribution >= 4 is 5.97 Å². The monoisotopic (exact) mass is 474 g/mol. The van der Waals surface area contributed by atoms with Crippen molar-refractivity contribution in [1.29, 1.82) is 0 Å². The number of carbonyl (C=O) groups excluding carboxylic acids is 1. The second-order valence-corrected chi connectivity index (χ2v) is 10.6. The van der Waals surface area contributed by atoms with E-state index >= 15 is 0 Å². The minimum absolute atomic E-state index is 0.101. The van der Waals surface area contributed by atoms with Crippen LogP contribution in [-0.4, -0.2) is 52.5 Å². The van der Waals surface area contributed by atoms with Crippen molar-refractivity contribution in [2.45, 2.75) is 103 Å². The zero-order chi connectivity index (χ0) is 24.9. The number of aromatic hydroxyl groups is 1. The van der Waals surface area contributed by atoms with Crippen LogP contribution in [0.25, 0.3) is 0 Å². The molecule has 1 aromatic carbocycles. The number of esters is 1. The van der Waals surface area contributed by atoms with Gasteiger partial charge in [0.05, 0.1) is 6.61 Å². The molecule has 0 radical (unpaired) electrons. The van der Waals surface area contributed by atoms with E-state index in [1.54, 1.807) is 0 Å². The lowest BCUT2D eigenvalue weighted by Gasteiger charge is -2.44. The quantitative estimate of drug-likeness (QED) is 0.444. The third-order valence-electron chi connectivity index (χ3n) is 7.75. The lowest BCUT2D eigenvalue weighted by atomic mass is 9.62. The molecule has 1 aromatic rings. The lowest BCUT2D eigenvalue weighted by molar-refractivity contribution is -0.249. The molecule has 1 heterocycles. The number of ether oxygens (including phenoxy) is 3. The van der Waals surface area contributed by atoms with Crippen molar-refractivity contribution in [3.05, 3.63) is 33.9 Å². The van der Waals surface area contributed by atoms with Gasteiger partial charge < -0.3 is 29.5 Å². The fraction of sp³-hybridized carbons (Fsp3) is 0.667. The van der Waals surface area contributed by atoms with E-state index < -0.39 is 30.6 Å². The number of phenols is 1. The molecule has 4 rings (SSSR count). The molecule has 0 amide bonds. The fourth-order valence-corrected chi connectivity index (χ4v) is 6.27. The van der Waals surface area contributed by atoms with Crippen molar-refractivity contribution in [3.8, 4) is 11.5 Å². The number of phenolic OH excluding ortho intramolecular Hbond substituents is 1. The molecule has 8 atom stereocenters. The van der Waals surface area contributed by atoms with Crippen LogP contribution in [0.3, 0.4) is 0 Å². The highest BCUT2D eigenvalue weighted by Gasteiger charge is 2.45. The maximum Gasteiger partial charge on any atom is 0.303 e. The average molecular weight is 475 g/mol. The van der Waals surface area contributed by atoms with E-state index in [-0.39, 0.29) is 24.2 Å². The zero-order valence-electron chi connectivity index (χ0n) is 21.0. The normalized spacial score (nSPS) is 34.7. The van der Waals surface area contributed by atoms with Gasteiger partial charge in [0.2, 0.25) is 6.29 Å². The molecule has 1 fully saturated rings. The molecule has 3 aliphatic rings. The molecule has 1 saturated heterocycles. The van der Waals surface area contributed by atoms with E-state index in [0.29, 0.717) is 17.6 Å². The molecule has 0 aromatic heterocycles. The van der Waals surface area contributed by atoms with E-state index in [2.05, 4.69) is 33.8 Å². The van der Waals surface area contributed by atoms with Crippen LogP contribution in [0.15, 0.2) is 11.6 Å². The fourth-order valence-electron chi connectivity index (χ4n) is 6.27. The Bertz CT molecular complexity index is 980. The summed E-state index contributed by atoms with van der Waals surface area (Å²) >= 11 is 0. The molecule has 2 aliphatic carbocycles. The van der Waals surface area contributed by atoms with E-state index in [9.17, 15) is 20.1 Å². The lowest BCUT2D eigenvalue weighted by Crippen LogP contribution is -2.56. The van der Waals surface area contributed by atoms with Crippen LogP contribution in [-0.2, 0) is 14.3 Å². The molecule has 7 heteroatoms. The number of carbonyl (C=O) groups is 1. The largest absolute Gasteiger partial charge is 0.504 e. The Kier molecular flexibility index (Phi) is 7.00. The summed E-state index contributed by atoms with van der Waals surface area (Å²) in [6, 6.07) is 0. The van der Waals surface area contributed by atoms with Crippen LogP contribution in [0, 0.1) is 12.8 Å². The summed E-state index contributed by atoms with van der Waals surface area (Å²) in [6.45, 7) is 11.7. The molecule has 34 heavy (non-hydrogen) atoms. The second kappa shape index (κ2) is 9.51. The Morgan fingerprint density at radius 1 is 1.09 bits per heavy atom. The van der Waals surface area contributed by atoms with Gasteiger partial charge in [0.1, 0.15) is 6.10 Å². The first-order valence-electron chi connectivity index (χ1n) is 12.4. The summed E-state index contributed by atoms with van der Waals surface area (Å²) in [6.07, 6.45) is 0.502. The third kappa shape index (κ3) is 4.34. The number of hydrogen-bond donors (Lipinski definition) is 3. The molecule has 0 saturated carbocycles. The van der Waals surface area contributed by atoms with Crippen molar-refractivity contribution < 1.29 is 34.3 Å². The van der Waals surface area contributed by atoms with Crippen LogP contribution in [0.4, 0.5) is 0 Å². The van der Waals surface area contributed by atoms with Gasteiger partial charge >= 0.3 is 5.97 Å². The molecule has 0 unspecified atom stereocenters. The summed E-state index contributed by atoms with van der Waals surface area (Å²) in [5.41, 5.74) is 5.50. The van der Waals surface area contributed by atoms with E-state index in [1.807, 2.05) is 6.92 Å². The Morgan fingerprint density at radius 3 is 2.44 bits per heavy atom. The number of hydrogen-bond acceptors (Lipinski definition) is 7. The van der Waals surface area contributed by atoms with E-state index in [1.165, 1.54) is 23.6 Å². The predicted molar refractivity (Wildman–Crippen MR) is 127 cm³/mol. The van der Waals surface area contributed by atoms with Gasteiger partial charge in [0, 0.05) is 18.4 Å². The van der Waals surface area contributed by atoms with Gasteiger partial charge in [0.25, 0.3) is 0 Å². The molecule has 1 aliphatic heterocycles. The van der Waals surface area contributed by atoms with Crippen molar-refractivity contribution in [2.75, 3.05) is 6.61 Å². The summed E-state index contributed by atoms with van der Waals surface area (Å²) in [5, 5.41) is 32.4. The topological polar surface area (TPSA) is 105 Å². The van der Waals surface area contributed by atoms with Crippen LogP contribution >= 0.6 is 0 Å². The van der Waals surface area contributed by atoms with Crippen molar-refractivity contribution in [3.63, 3.8) is 0 Å². The van der Waals surface area contributed by atoms with Crippen molar-refractivity contribution in [2.24, 2.45) is 5.92 Å². The highest BCUT2D eigenvalue weighted by Crippen LogP contribution is 2.58. The molecular formula is C27H38O7. The first kappa shape index (κ1) is 25.0. The van der Waals surface area contributed by atoms with Crippen LogP contribution in [0.1, 0.15) is 93.9 Å². The Balaban J connectivity index is 1.80. The Hall–Kier alpha value is -2.09. The maximum absolute atomic E-state index is 11.5. The molecule has 7 nitrogen and oxygen atoms in total. The van der Waals surface area contributed by atoms with Crippen LogP contribution in [0.5, 0.6) is 11.5 Å². The smallest absolute Gasteiger partial charge is 0.303 e. The Labute approximate surface area is 201 Å². The minimum atomic E-state index is -1.40. The van der Waals surface area contributed by atoms with Crippen LogP contribution in [0.2, 0.25) is 0 Å². The van der Waals surface area contributed by atoms with Gasteiger partial charge in [-0.1, -0.05) is 25.5 Å². The molecule has 0 spiro atoms. The van der Waals surface area contributed by atoms with Gasteiger partial charge in [-0.3, -0.25) is 4.79 Å². The second-order valence-electron chi connectivity index (χ2n) is 10.6. The molecule has 3 N–H and O–H groups in total. The van der Waals surface area contributed by atoms with Gasteiger partial charge in [-0.2, -0.15) is 0 Å². The van der Waals surface area contributed by atoms with Crippen LogP contribution < -0.4 is 4.74 Å². The highest BCUT2D eigenvalue weighted by molar-refractivity contribution is 5.66. The van der Waals surface area contributed by atoms with Gasteiger partial charge in [0.15, 0.2) is 23.7 Å². The van der Waals surface area contributed by atoms with Crippen molar-refractivity contribution in [1.82, 2.24) is 0 Å². The molecule has 0 bridgehead atoms. The SMILES string of the molecule is CC(=O)O[C@@H]1[C@@H](O)[C@@H](Oc2c(C)c3c4c(c2O)[C@@H](C)CC[C@@H]4[C@@H](C)C[C@H]3C=C(C)C)OC[C@@H]1O. The summed E-state index contributed by atoms with van der Waals surface area (Å²) < 4.78 is 16.8. The summed E-state index contributed by atoms with van der Waals surface area (Å²) in [7, 11) is 0. The number of rotatable bonds is 4. The maximum atomic E-state index is 11.5. The average Bonchev–Trinajstić information content (AvgIpc) is 2.74. The predicted octanol–water partition coefficient (Wildman–Crippen LogP) is 4.16. The zero-order valence-corrected chi connectivity index (χ0v) is 21.0. The summed E-state index contributed by atoms with van der Waals surface area (Å²) in [4.78, 5) is 11.5.